The molecule has 1 saturated heterocycles. The molecule has 1 aromatic rings. The Morgan fingerprint density at radius 1 is 1.39 bits per heavy atom. The summed E-state index contributed by atoms with van der Waals surface area (Å²) >= 11 is 6.35. The van der Waals surface area contributed by atoms with Crippen LogP contribution in [0.5, 0.6) is 0 Å². The van der Waals surface area contributed by atoms with E-state index in [4.69, 9.17) is 16.4 Å². The van der Waals surface area contributed by atoms with Crippen LogP contribution in [0, 0.1) is 0 Å². The molecule has 14 nitrogen and oxygen atoms in total. The van der Waals surface area contributed by atoms with Gasteiger partial charge in [-0.25, -0.2) is 22.5 Å². The minimum atomic E-state index is -5.33. The van der Waals surface area contributed by atoms with Crippen molar-refractivity contribution in [3.63, 3.8) is 0 Å². The van der Waals surface area contributed by atoms with Crippen molar-refractivity contribution in [2.24, 2.45) is 5.16 Å². The zero-order chi connectivity index (χ0) is 24.2. The fourth-order valence-electron chi connectivity index (χ4n) is 2.37. The molecule has 0 bridgehead atoms. The minimum Gasteiger partial charge on any atom is -0.731 e. The Hall–Kier alpha value is -1.82. The first-order valence-electron chi connectivity index (χ1n) is 8.64. The van der Waals surface area contributed by atoms with E-state index < -0.39 is 57.9 Å². The Morgan fingerprint density at radius 2 is 2.03 bits per heavy atom. The monoisotopic (exact) mass is 533 g/mol. The number of amides is 3. The molecule has 18 heteroatoms. The van der Waals surface area contributed by atoms with Crippen LogP contribution in [-0.4, -0.2) is 82.8 Å². The van der Waals surface area contributed by atoms with E-state index in [0.29, 0.717) is 0 Å². The first-order chi connectivity index (χ1) is 14.9. The summed E-state index contributed by atoms with van der Waals surface area (Å²) in [4.78, 5) is 57.3. The van der Waals surface area contributed by atoms with Crippen LogP contribution < -0.4 is 40.2 Å². The first-order valence-corrected chi connectivity index (χ1v) is 11.4. The number of alkyl halides is 1. The molecule has 1 aliphatic heterocycles. The van der Waals surface area contributed by atoms with Crippen molar-refractivity contribution in [3.8, 4) is 0 Å². The maximum atomic E-state index is 12.8. The molecule has 1 fully saturated rings. The molecule has 0 radical (unpaired) electrons. The second-order valence-electron chi connectivity index (χ2n) is 6.32. The number of methoxy groups -OCH3 is 1. The number of nitrogens with zero attached hydrogens (tertiary/aromatic N) is 3. The number of hydrogen-bond acceptors (Lipinski definition) is 12. The average molecular weight is 534 g/mol. The molecular formula is C15H17ClN5NaO9S2. The molecule has 0 aliphatic carbocycles. The normalized spacial score (nSPS) is 18.2. The topological polar surface area (TPSA) is 196 Å². The van der Waals surface area contributed by atoms with Crippen LogP contribution in [-0.2, 0) is 39.1 Å². The van der Waals surface area contributed by atoms with Gasteiger partial charge in [-0.2, -0.15) is 0 Å². The number of nitrogens with one attached hydrogen (secondary N) is 2. The van der Waals surface area contributed by atoms with E-state index in [1.165, 1.54) is 5.38 Å². The van der Waals surface area contributed by atoms with Gasteiger partial charge in [0, 0.05) is 5.38 Å². The number of anilines is 1. The summed E-state index contributed by atoms with van der Waals surface area (Å²) in [6.07, 6.45) is -0.457. The molecule has 1 aliphatic rings. The number of thiazole rings is 1. The van der Waals surface area contributed by atoms with Crippen molar-refractivity contribution in [2.75, 3.05) is 18.3 Å². The van der Waals surface area contributed by atoms with Gasteiger partial charge in [-0.15, -0.1) is 22.9 Å². The molecule has 2 heterocycles. The van der Waals surface area contributed by atoms with Gasteiger partial charge in [0.25, 0.3) is 11.8 Å². The Balaban J connectivity index is 0.00000544. The van der Waals surface area contributed by atoms with Gasteiger partial charge in [-0.1, -0.05) is 5.16 Å². The minimum absolute atomic E-state index is 0. The Kier molecular flexibility index (Phi) is 10.7. The van der Waals surface area contributed by atoms with E-state index in [-0.39, 0.29) is 50.6 Å². The van der Waals surface area contributed by atoms with Crippen molar-refractivity contribution in [1.29, 1.82) is 0 Å². The van der Waals surface area contributed by atoms with Gasteiger partial charge < -0.3 is 24.8 Å². The fourth-order valence-corrected chi connectivity index (χ4v) is 3.97. The molecule has 0 spiro atoms. The molecule has 2 atom stereocenters. The van der Waals surface area contributed by atoms with Gasteiger partial charge in [0.1, 0.15) is 23.7 Å². The first kappa shape index (κ1) is 29.2. The molecule has 2 N–H and O–H groups in total. The summed E-state index contributed by atoms with van der Waals surface area (Å²) in [7, 11) is -4.42. The molecule has 0 aromatic carbocycles. The summed E-state index contributed by atoms with van der Waals surface area (Å²) in [6, 6.07) is -3.60. The van der Waals surface area contributed by atoms with Crippen LogP contribution >= 0.6 is 22.9 Å². The molecule has 1 aromatic heterocycles. The van der Waals surface area contributed by atoms with E-state index >= 15 is 0 Å². The second kappa shape index (κ2) is 12.0. The van der Waals surface area contributed by atoms with E-state index in [2.05, 4.69) is 25.5 Å². The van der Waals surface area contributed by atoms with Crippen LogP contribution in [0.3, 0.4) is 0 Å². The van der Waals surface area contributed by atoms with E-state index in [0.717, 1.165) is 18.4 Å². The van der Waals surface area contributed by atoms with E-state index in [9.17, 15) is 32.1 Å². The summed E-state index contributed by atoms with van der Waals surface area (Å²) in [5, 5.41) is 9.63. The zero-order valence-corrected chi connectivity index (χ0v) is 22.1. The third-order valence-corrected chi connectivity index (χ3v) is 5.60. The van der Waals surface area contributed by atoms with Gasteiger partial charge in [-0.05, 0) is 13.8 Å². The number of oxime groups is 1. The number of hydrogen-bond donors (Lipinski definition) is 2. The maximum Gasteiger partial charge on any atom is 1.00 e. The molecule has 2 unspecified atom stereocenters. The number of carbonyl (C=O) groups excluding carboxylic acids is 4. The SMILES string of the molecule is COC(=O)C1C(NC(=O)C(=NOC(C)C)c2csc(NC(=O)CCl)n2)C(=O)N1S(=O)(=O)[O-].[Na+]. The number of ether oxygens (including phenoxy) is 1. The van der Waals surface area contributed by atoms with Gasteiger partial charge in [0.05, 0.1) is 7.11 Å². The Labute approximate surface area is 219 Å². The largest absolute Gasteiger partial charge is 1.00 e. The van der Waals surface area contributed by atoms with Crippen LogP contribution in [0.25, 0.3) is 0 Å². The fraction of sp³-hybridized carbons (Fsp3) is 0.467. The number of esters is 1. The summed E-state index contributed by atoms with van der Waals surface area (Å²) in [6.45, 7) is 3.23. The third kappa shape index (κ3) is 7.08. The second-order valence-corrected chi connectivity index (χ2v) is 8.70. The summed E-state index contributed by atoms with van der Waals surface area (Å²) < 4.78 is 38.0. The molecule has 3 amide bonds. The number of β-lactam (4-membered cyclic amide) rings is 1. The standard InChI is InChI=1S/C15H18ClN5O9S2.Na/c1-6(2)30-20-9(7-5-31-15(17-7)18-8(22)4-16)12(23)19-10-11(14(25)29-3)21(13(10)24)32(26,27)28;/h5-6,10-11H,4H2,1-3H3,(H,19,23)(H,17,18,22)(H,26,27,28);/q;+1/p-1. The molecular weight excluding hydrogens is 517 g/mol. The van der Waals surface area contributed by atoms with Crippen molar-refractivity contribution in [3.05, 3.63) is 11.1 Å². The average Bonchev–Trinajstić information content (AvgIpc) is 3.15. The predicted molar refractivity (Wildman–Crippen MR) is 108 cm³/mol. The maximum absolute atomic E-state index is 12.8. The molecule has 33 heavy (non-hydrogen) atoms. The molecule has 176 valence electrons. The van der Waals surface area contributed by atoms with Crippen LogP contribution in [0.1, 0.15) is 19.5 Å². The number of carbonyl (C=O) groups is 4. The van der Waals surface area contributed by atoms with Gasteiger partial charge in [0.15, 0.2) is 27.2 Å². The Bertz CT molecular complexity index is 1060. The van der Waals surface area contributed by atoms with Gasteiger partial charge in [-0.3, -0.25) is 14.4 Å². The number of rotatable bonds is 9. The van der Waals surface area contributed by atoms with E-state index in [1.807, 2.05) is 0 Å². The smallest absolute Gasteiger partial charge is 0.731 e. The van der Waals surface area contributed by atoms with Crippen LogP contribution in [0.2, 0.25) is 0 Å². The van der Waals surface area contributed by atoms with Crippen LogP contribution in [0.4, 0.5) is 5.13 Å². The van der Waals surface area contributed by atoms with Crippen molar-refractivity contribution >= 4 is 67.8 Å². The van der Waals surface area contributed by atoms with Gasteiger partial charge >= 0.3 is 35.5 Å². The Morgan fingerprint density at radius 3 is 2.55 bits per heavy atom. The van der Waals surface area contributed by atoms with Crippen molar-refractivity contribution in [2.45, 2.75) is 32.0 Å². The summed E-state index contributed by atoms with van der Waals surface area (Å²) in [5.74, 6) is -4.51. The molecule has 2 rings (SSSR count). The zero-order valence-electron chi connectivity index (χ0n) is 17.7. The van der Waals surface area contributed by atoms with E-state index in [1.54, 1.807) is 13.8 Å². The number of halogens is 1. The predicted octanol–water partition coefficient (Wildman–Crippen LogP) is -4.22. The third-order valence-electron chi connectivity index (χ3n) is 3.71. The van der Waals surface area contributed by atoms with Crippen molar-refractivity contribution in [1.82, 2.24) is 14.6 Å². The van der Waals surface area contributed by atoms with Gasteiger partial charge in [0.2, 0.25) is 5.91 Å². The quantitative estimate of drug-likeness (QED) is 0.0596. The van der Waals surface area contributed by atoms with Crippen LogP contribution in [0.15, 0.2) is 10.5 Å². The molecule has 0 saturated carbocycles. The summed E-state index contributed by atoms with van der Waals surface area (Å²) in [5.41, 5.74) is -0.506. The number of aromatic nitrogens is 1. The van der Waals surface area contributed by atoms with Crippen molar-refractivity contribution < 1.29 is 71.3 Å².